The highest BCUT2D eigenvalue weighted by Crippen LogP contribution is 2.44. The van der Waals surface area contributed by atoms with Gasteiger partial charge in [0.25, 0.3) is 27.6 Å². The number of piperazine rings is 1. The van der Waals surface area contributed by atoms with E-state index in [1.54, 1.807) is 36.5 Å². The zero-order chi connectivity index (χ0) is 45.3. The number of nitro groups is 1. The molecule has 3 aromatic rings. The summed E-state index contributed by atoms with van der Waals surface area (Å²) in [6.45, 7) is 12.9. The zero-order valence-corrected chi connectivity index (χ0v) is 38.3. The number of morpholine rings is 1. The lowest BCUT2D eigenvalue weighted by Crippen LogP contribution is -2.49. The van der Waals surface area contributed by atoms with Crippen molar-refractivity contribution in [2.45, 2.75) is 56.9 Å². The molecule has 0 aromatic heterocycles. The van der Waals surface area contributed by atoms with Crippen molar-refractivity contribution >= 4 is 50.2 Å². The molecule has 1 aliphatic carbocycles. The molecule has 9 rings (SSSR count). The normalized spacial score (nSPS) is 19.1. The van der Waals surface area contributed by atoms with Crippen LogP contribution in [-0.2, 0) is 14.8 Å². The van der Waals surface area contributed by atoms with Gasteiger partial charge in [-0.05, 0) is 97.2 Å². The number of carbonyl (C=O) groups is 1. The highest BCUT2D eigenvalue weighted by Gasteiger charge is 2.33. The lowest BCUT2D eigenvalue weighted by atomic mass is 9.72. The van der Waals surface area contributed by atoms with E-state index in [4.69, 9.17) is 25.5 Å². The number of amides is 1. The summed E-state index contributed by atoms with van der Waals surface area (Å²) in [6, 6.07) is 22.5. The molecule has 5 heterocycles. The van der Waals surface area contributed by atoms with Gasteiger partial charge in [0.2, 0.25) is 5.89 Å². The smallest absolute Gasteiger partial charge is 0.293 e. The van der Waals surface area contributed by atoms with Crippen LogP contribution in [0.2, 0.25) is 5.02 Å². The Labute approximate surface area is 384 Å². The highest BCUT2D eigenvalue weighted by atomic mass is 35.5. The molecule has 0 atom stereocenters. The highest BCUT2D eigenvalue weighted by molar-refractivity contribution is 7.90. The molecule has 0 radical (unpaired) electrons. The number of fused-ring (bicyclic) bond motifs is 1. The number of allylic oxidation sites excluding steroid dienone is 1. The molecule has 3 aromatic carbocycles. The zero-order valence-electron chi connectivity index (χ0n) is 36.7. The Balaban J connectivity index is 0.919. The molecule has 0 spiro atoms. The van der Waals surface area contributed by atoms with Gasteiger partial charge in [-0.1, -0.05) is 43.2 Å². The van der Waals surface area contributed by atoms with Crippen LogP contribution in [0.15, 0.2) is 99.9 Å². The third-order valence-corrected chi connectivity index (χ3v) is 14.9. The summed E-state index contributed by atoms with van der Waals surface area (Å²) < 4.78 is 47.4. The molecule has 15 nitrogen and oxygen atoms in total. The van der Waals surface area contributed by atoms with Crippen molar-refractivity contribution in [2.75, 3.05) is 81.9 Å². The maximum atomic E-state index is 14.0. The minimum atomic E-state index is -4.58. The maximum Gasteiger partial charge on any atom is 0.293 e. The van der Waals surface area contributed by atoms with Gasteiger partial charge >= 0.3 is 0 Å². The third-order valence-electron chi connectivity index (χ3n) is 13.3. The number of benzene rings is 3. The van der Waals surface area contributed by atoms with Crippen LogP contribution in [0.5, 0.6) is 11.7 Å². The van der Waals surface area contributed by atoms with Crippen LogP contribution in [-0.4, -0.2) is 112 Å². The first-order valence-electron chi connectivity index (χ1n) is 22.3. The second kappa shape index (κ2) is 18.8. The van der Waals surface area contributed by atoms with Gasteiger partial charge in [0.05, 0.1) is 28.6 Å². The second-order valence-corrected chi connectivity index (χ2v) is 20.3. The molecule has 0 bridgehead atoms. The van der Waals surface area contributed by atoms with E-state index in [-0.39, 0.29) is 28.4 Å². The van der Waals surface area contributed by atoms with Gasteiger partial charge in [-0.2, -0.15) is 0 Å². The number of rotatable bonds is 12. The number of piperidine rings is 1. The first-order chi connectivity index (χ1) is 31.3. The molecule has 342 valence electrons. The number of aromatic nitrogens is 1. The van der Waals surface area contributed by atoms with Crippen LogP contribution in [0.1, 0.15) is 61.9 Å². The van der Waals surface area contributed by atoms with E-state index in [1.807, 2.05) is 17.0 Å². The summed E-state index contributed by atoms with van der Waals surface area (Å²) >= 11 is 6.25. The molecule has 1 amide bonds. The largest absolute Gasteiger partial charge is 0.425 e. The van der Waals surface area contributed by atoms with E-state index < -0.39 is 25.7 Å². The number of carbonyl (C=O) groups excluding carboxylic acids is 1. The quantitative estimate of drug-likeness (QED) is 0.0939. The van der Waals surface area contributed by atoms with Crippen molar-refractivity contribution in [1.29, 1.82) is 0 Å². The number of nitro benzene ring substituents is 1. The van der Waals surface area contributed by atoms with Gasteiger partial charge in [-0.3, -0.25) is 24.7 Å². The van der Waals surface area contributed by atoms with Gasteiger partial charge in [0.15, 0.2) is 0 Å². The summed E-state index contributed by atoms with van der Waals surface area (Å²) in [7, 11) is -4.58. The summed E-state index contributed by atoms with van der Waals surface area (Å²) in [6.07, 6.45) is 6.43. The first-order valence-corrected chi connectivity index (χ1v) is 24.2. The maximum absolute atomic E-state index is 14.0. The number of sulfonamides is 1. The fourth-order valence-corrected chi connectivity index (χ4v) is 10.7. The standard InChI is InChI=1S/C48H54ClN7O8S/c1-48(2)17-13-35(41(31-48)33-3-6-36(49)7-4-33)32-52-21-23-53(24-22-52)38-8-10-40(44(29-38)63-45-12-5-34-14-18-50-47(34)64-45)46(57)51-65(60,61)39-9-11-42(43(30-39)56(58)59)55-19-15-37(16-20-55)54-25-27-62-28-26-54/h3-12,14,18,29-30,37H,13,15-17,19-28,31-32H2,1-2H3,(H,51,57). The summed E-state index contributed by atoms with van der Waals surface area (Å²) in [5, 5.41) is 13.1. The van der Waals surface area contributed by atoms with Crippen molar-refractivity contribution < 1.29 is 32.0 Å². The Bertz CT molecular complexity index is 2650. The van der Waals surface area contributed by atoms with Crippen molar-refractivity contribution in [1.82, 2.24) is 19.5 Å². The average molecular weight is 925 g/mol. The van der Waals surface area contributed by atoms with Gasteiger partial charge < -0.3 is 23.7 Å². The summed E-state index contributed by atoms with van der Waals surface area (Å²) in [4.78, 5) is 38.7. The van der Waals surface area contributed by atoms with Crippen molar-refractivity contribution in [3.8, 4) is 23.1 Å². The summed E-state index contributed by atoms with van der Waals surface area (Å²) in [5.41, 5.74) is 5.78. The van der Waals surface area contributed by atoms with Crippen molar-refractivity contribution in [3.63, 3.8) is 0 Å². The van der Waals surface area contributed by atoms with E-state index in [0.717, 1.165) is 87.2 Å². The molecule has 5 aliphatic heterocycles. The first kappa shape index (κ1) is 44.7. The molecule has 17 heteroatoms. The SMILES string of the molecule is CC1(C)CCC(CN2CCN(c3ccc(C(=O)NS(=O)(=O)c4ccc(N5CCC(N6CCOCC6)CC5)c([N+](=O)[O-])c4)c(Oc4ccc5ccnc-5o4)c3)CC2)=C(c2ccc(Cl)cc2)C1. The third kappa shape index (κ3) is 10.2. The molecular formula is C48H54ClN7O8S. The predicted octanol–water partition coefficient (Wildman–Crippen LogP) is 8.34. The second-order valence-electron chi connectivity index (χ2n) is 18.1. The monoisotopic (exact) mass is 923 g/mol. The van der Waals surface area contributed by atoms with E-state index in [9.17, 15) is 23.3 Å². The Hall–Kier alpha value is -5.52. The van der Waals surface area contributed by atoms with Crippen LogP contribution in [0, 0.1) is 15.5 Å². The number of nitrogens with zero attached hydrogens (tertiary/aromatic N) is 6. The fraction of sp³-hybridized carbons (Fsp3) is 0.417. The topological polar surface area (TPSA) is 164 Å². The molecule has 0 unspecified atom stereocenters. The molecular weight excluding hydrogens is 870 g/mol. The molecule has 6 aliphatic rings. The number of ether oxygens (including phenoxy) is 2. The van der Waals surface area contributed by atoms with E-state index in [1.165, 1.54) is 34.9 Å². The lowest BCUT2D eigenvalue weighted by molar-refractivity contribution is -0.384. The number of hydrogen-bond acceptors (Lipinski definition) is 13. The molecule has 3 saturated heterocycles. The van der Waals surface area contributed by atoms with Crippen LogP contribution in [0.3, 0.4) is 0 Å². The molecule has 1 N–H and O–H groups in total. The number of anilines is 2. The molecule has 3 fully saturated rings. The van der Waals surface area contributed by atoms with Gasteiger partial charge in [-0.15, -0.1) is 0 Å². The number of nitrogens with one attached hydrogen (secondary N) is 1. The van der Waals surface area contributed by atoms with Gasteiger partial charge in [0.1, 0.15) is 11.4 Å². The molecule has 0 saturated carbocycles. The van der Waals surface area contributed by atoms with Crippen LogP contribution in [0.25, 0.3) is 17.0 Å². The Morgan fingerprint density at radius 3 is 2.38 bits per heavy atom. The van der Waals surface area contributed by atoms with Crippen molar-refractivity contribution in [3.05, 3.63) is 117 Å². The van der Waals surface area contributed by atoms with Crippen LogP contribution >= 0.6 is 11.6 Å². The van der Waals surface area contributed by atoms with Gasteiger partial charge in [0, 0.05) is 106 Å². The van der Waals surface area contributed by atoms with Crippen LogP contribution < -0.4 is 19.3 Å². The number of hydrogen-bond donors (Lipinski definition) is 1. The van der Waals surface area contributed by atoms with E-state index in [2.05, 4.69) is 50.4 Å². The average Bonchev–Trinajstić information content (AvgIpc) is 3.78. The van der Waals surface area contributed by atoms with Crippen molar-refractivity contribution in [2.24, 2.45) is 5.41 Å². The Kier molecular flexibility index (Phi) is 12.9. The Morgan fingerprint density at radius 2 is 1.65 bits per heavy atom. The van der Waals surface area contributed by atoms with Gasteiger partial charge in [-0.25, -0.2) is 18.1 Å². The predicted molar refractivity (Wildman–Crippen MR) is 250 cm³/mol. The lowest BCUT2D eigenvalue weighted by Gasteiger charge is -2.40. The molecule has 65 heavy (non-hydrogen) atoms. The van der Waals surface area contributed by atoms with Crippen LogP contribution in [0.4, 0.5) is 17.1 Å². The minimum absolute atomic E-state index is 0.0516. The van der Waals surface area contributed by atoms with E-state index in [0.29, 0.717) is 57.0 Å². The van der Waals surface area contributed by atoms with E-state index >= 15 is 0 Å². The number of halogens is 1. The fourth-order valence-electron chi connectivity index (χ4n) is 9.61. The summed E-state index contributed by atoms with van der Waals surface area (Å²) in [5.74, 6) is -0.515. The minimum Gasteiger partial charge on any atom is -0.425 e. The Morgan fingerprint density at radius 1 is 0.908 bits per heavy atom.